The van der Waals surface area contributed by atoms with E-state index in [4.69, 9.17) is 21.3 Å². The topological polar surface area (TPSA) is 93.6 Å². The van der Waals surface area contributed by atoms with Crippen LogP contribution in [0.2, 0.25) is 0 Å². The average Bonchev–Trinajstić information content (AvgIpc) is 3.69. The van der Waals surface area contributed by atoms with Gasteiger partial charge < -0.3 is 4.74 Å². The number of esters is 1. The molecule has 7 rings (SSSR count). The van der Waals surface area contributed by atoms with Crippen molar-refractivity contribution in [2.45, 2.75) is 25.9 Å². The van der Waals surface area contributed by atoms with E-state index in [1.807, 2.05) is 6.92 Å². The van der Waals surface area contributed by atoms with Gasteiger partial charge in [-0.05, 0) is 73.7 Å². The number of para-hydroxylation sites is 1. The highest BCUT2D eigenvalue weighted by molar-refractivity contribution is 6.23. The fourth-order valence-electron chi connectivity index (χ4n) is 7.14. The van der Waals surface area contributed by atoms with Crippen LogP contribution in [0.3, 0.4) is 0 Å². The van der Waals surface area contributed by atoms with Crippen LogP contribution in [0.25, 0.3) is 22.2 Å². The zero-order valence-corrected chi connectivity index (χ0v) is 25.0. The highest BCUT2D eigenvalue weighted by atomic mass is 35.5. The van der Waals surface area contributed by atoms with Crippen molar-refractivity contribution < 1.29 is 28.3 Å². The van der Waals surface area contributed by atoms with Crippen molar-refractivity contribution >= 4 is 51.8 Å². The molecule has 0 radical (unpaired) electrons. The number of anilines is 1. The van der Waals surface area contributed by atoms with Crippen molar-refractivity contribution in [3.05, 3.63) is 107 Å². The lowest BCUT2D eigenvalue weighted by Crippen LogP contribution is -2.32. The number of ether oxygens (including phenoxy) is 1. The second-order valence-corrected chi connectivity index (χ2v) is 12.2. The van der Waals surface area contributed by atoms with E-state index in [2.05, 4.69) is 6.08 Å². The van der Waals surface area contributed by atoms with E-state index < -0.39 is 23.7 Å². The number of allylic oxidation sites excluding steroid dienone is 2. The van der Waals surface area contributed by atoms with Crippen LogP contribution in [0.15, 0.2) is 90.5 Å². The molecule has 7 nitrogen and oxygen atoms in total. The number of amides is 2. The van der Waals surface area contributed by atoms with Crippen LogP contribution < -0.4 is 4.90 Å². The number of Topliss-reactive ketones (excluding diaryl/α,β-unsaturated/α-hetero) is 1. The fraction of sp³-hybridized carbons (Fsp3) is 0.250. The van der Waals surface area contributed by atoms with Gasteiger partial charge in [0.25, 0.3) is 0 Å². The summed E-state index contributed by atoms with van der Waals surface area (Å²) in [7, 11) is 0. The van der Waals surface area contributed by atoms with Crippen molar-refractivity contribution in [1.82, 2.24) is 4.98 Å². The molecule has 2 bridgehead atoms. The minimum Gasteiger partial charge on any atom is -0.450 e. The van der Waals surface area contributed by atoms with Gasteiger partial charge in [0, 0.05) is 28.8 Å². The first kappa shape index (κ1) is 29.0. The predicted molar refractivity (Wildman–Crippen MR) is 167 cm³/mol. The first-order valence-electron chi connectivity index (χ1n) is 14.9. The molecule has 2 amide bonds. The molecule has 3 aliphatic rings. The van der Waals surface area contributed by atoms with Crippen LogP contribution in [-0.4, -0.2) is 40.5 Å². The standard InChI is InChI=1S/C36H28ClFN2O5/c1-19-16-22-17-26(19)32-31(22)34(42)40(35(32)43)24-12-8-20(9-13-24)29-18-27(25-4-2-3-5-28(25)39-29)36(44)45-30(14-15-37)33(41)21-6-10-23(38)11-7-21/h2-13,16,18,22,26,30-32H,14-15,17H2,1H3. The summed E-state index contributed by atoms with van der Waals surface area (Å²) < 4.78 is 19.1. The molecule has 5 unspecified atom stereocenters. The number of pyridine rings is 1. The number of imide groups is 1. The Morgan fingerprint density at radius 3 is 2.44 bits per heavy atom. The van der Waals surface area contributed by atoms with Crippen LogP contribution in [0.5, 0.6) is 0 Å². The van der Waals surface area contributed by atoms with Crippen LogP contribution in [0, 0.1) is 29.5 Å². The van der Waals surface area contributed by atoms with Crippen molar-refractivity contribution in [2.75, 3.05) is 10.8 Å². The zero-order valence-electron chi connectivity index (χ0n) is 24.3. The molecule has 5 atom stereocenters. The number of benzene rings is 3. The molecule has 0 spiro atoms. The van der Waals surface area contributed by atoms with Crippen LogP contribution in [-0.2, 0) is 14.3 Å². The van der Waals surface area contributed by atoms with Crippen LogP contribution >= 0.6 is 11.6 Å². The molecule has 226 valence electrons. The van der Waals surface area contributed by atoms with E-state index >= 15 is 0 Å². The van der Waals surface area contributed by atoms with E-state index in [1.165, 1.54) is 34.7 Å². The van der Waals surface area contributed by atoms with Crippen LogP contribution in [0.1, 0.15) is 40.5 Å². The Labute approximate surface area is 263 Å². The second-order valence-electron chi connectivity index (χ2n) is 11.8. The maximum absolute atomic E-state index is 13.6. The quantitative estimate of drug-likeness (QED) is 0.0707. The third-order valence-corrected chi connectivity index (χ3v) is 9.50. The molecule has 4 aromatic rings. The Hall–Kier alpha value is -4.69. The summed E-state index contributed by atoms with van der Waals surface area (Å²) in [6.07, 6.45) is 1.93. The number of alkyl halides is 1. The number of ketones is 1. The molecular formula is C36H28ClFN2O5. The molecule has 2 aliphatic carbocycles. The Morgan fingerprint density at radius 2 is 1.71 bits per heavy atom. The average molecular weight is 623 g/mol. The fourth-order valence-corrected chi connectivity index (χ4v) is 7.34. The monoisotopic (exact) mass is 622 g/mol. The van der Waals surface area contributed by atoms with E-state index in [-0.39, 0.29) is 58.9 Å². The third-order valence-electron chi connectivity index (χ3n) is 9.28. The maximum atomic E-state index is 13.6. The van der Waals surface area contributed by atoms with Gasteiger partial charge in [-0.2, -0.15) is 0 Å². The van der Waals surface area contributed by atoms with Gasteiger partial charge in [0.15, 0.2) is 6.10 Å². The molecule has 9 heteroatoms. The van der Waals surface area contributed by atoms with Gasteiger partial charge >= 0.3 is 5.97 Å². The SMILES string of the molecule is CC1=CC2CC1C1C(=O)N(c3ccc(-c4cc(C(=O)OC(CCCl)C(=O)c5ccc(F)cc5)c5ccccc5n4)cc3)C(=O)C21. The maximum Gasteiger partial charge on any atom is 0.339 e. The predicted octanol–water partition coefficient (Wildman–Crippen LogP) is 6.78. The first-order valence-corrected chi connectivity index (χ1v) is 15.4. The van der Waals surface area contributed by atoms with E-state index in [1.54, 1.807) is 54.6 Å². The number of halogens is 2. The normalized spacial score (nSPS) is 22.5. The molecule has 1 saturated carbocycles. The van der Waals surface area contributed by atoms with Crippen molar-refractivity contribution in [1.29, 1.82) is 0 Å². The summed E-state index contributed by atoms with van der Waals surface area (Å²) in [4.78, 5) is 59.6. The minimum atomic E-state index is -1.17. The number of carbonyl (C=O) groups is 4. The molecule has 1 aromatic heterocycles. The highest BCUT2D eigenvalue weighted by Crippen LogP contribution is 2.56. The lowest BCUT2D eigenvalue weighted by atomic mass is 9.82. The lowest BCUT2D eigenvalue weighted by Gasteiger charge is -2.19. The summed E-state index contributed by atoms with van der Waals surface area (Å²) in [5.74, 6) is -2.24. The molecule has 2 heterocycles. The van der Waals surface area contributed by atoms with Gasteiger partial charge in [0.05, 0.1) is 34.3 Å². The number of fused-ring (bicyclic) bond motifs is 6. The van der Waals surface area contributed by atoms with Crippen molar-refractivity contribution in [2.24, 2.45) is 23.7 Å². The summed E-state index contributed by atoms with van der Waals surface area (Å²) in [6, 6.07) is 20.7. The Bertz CT molecular complexity index is 1910. The zero-order chi connectivity index (χ0) is 31.4. The van der Waals surface area contributed by atoms with Gasteiger partial charge in [-0.15, -0.1) is 11.6 Å². The number of hydrogen-bond acceptors (Lipinski definition) is 6. The van der Waals surface area contributed by atoms with Gasteiger partial charge in [0.2, 0.25) is 17.6 Å². The van der Waals surface area contributed by atoms with Crippen LogP contribution in [0.4, 0.5) is 10.1 Å². The van der Waals surface area contributed by atoms with Gasteiger partial charge in [-0.1, -0.05) is 42.0 Å². The summed E-state index contributed by atoms with van der Waals surface area (Å²) in [5, 5.41) is 0.542. The summed E-state index contributed by atoms with van der Waals surface area (Å²) in [5.41, 5.74) is 3.80. The van der Waals surface area contributed by atoms with Crippen molar-refractivity contribution in [3.8, 4) is 11.3 Å². The van der Waals surface area contributed by atoms with E-state index in [0.29, 0.717) is 27.8 Å². The second kappa shape index (κ2) is 11.3. The largest absolute Gasteiger partial charge is 0.450 e. The molecule has 2 fully saturated rings. The van der Waals surface area contributed by atoms with Crippen molar-refractivity contribution in [3.63, 3.8) is 0 Å². The highest BCUT2D eigenvalue weighted by Gasteiger charge is 2.60. The molecule has 1 saturated heterocycles. The molecule has 3 aromatic carbocycles. The molecule has 1 aliphatic heterocycles. The number of hydrogen-bond donors (Lipinski definition) is 0. The number of aromatic nitrogens is 1. The number of nitrogens with zero attached hydrogens (tertiary/aromatic N) is 2. The van der Waals surface area contributed by atoms with Gasteiger partial charge in [-0.3, -0.25) is 19.3 Å². The summed E-state index contributed by atoms with van der Waals surface area (Å²) in [6.45, 7) is 2.04. The minimum absolute atomic E-state index is 0.0700. The third kappa shape index (κ3) is 4.93. The Morgan fingerprint density at radius 1 is 1.00 bits per heavy atom. The summed E-state index contributed by atoms with van der Waals surface area (Å²) >= 11 is 5.95. The van der Waals surface area contributed by atoms with E-state index in [0.717, 1.165) is 6.42 Å². The Balaban J connectivity index is 1.17. The number of carbonyl (C=O) groups excluding carboxylic acids is 4. The van der Waals surface area contributed by atoms with Gasteiger partial charge in [0.1, 0.15) is 5.82 Å². The smallest absolute Gasteiger partial charge is 0.339 e. The molecule has 45 heavy (non-hydrogen) atoms. The molecular weight excluding hydrogens is 595 g/mol. The first-order chi connectivity index (χ1) is 21.7. The Kier molecular flexibility index (Phi) is 7.32. The van der Waals surface area contributed by atoms with E-state index in [9.17, 15) is 23.6 Å². The molecule has 0 N–H and O–H groups in total. The van der Waals surface area contributed by atoms with Gasteiger partial charge in [-0.25, -0.2) is 14.2 Å². The lowest BCUT2D eigenvalue weighted by molar-refractivity contribution is -0.123. The number of rotatable bonds is 8.